The molecule has 0 radical (unpaired) electrons. The van der Waals surface area contributed by atoms with Gasteiger partial charge in [0.05, 0.1) is 6.61 Å². The third-order valence-electron chi connectivity index (χ3n) is 1.53. The van der Waals surface area contributed by atoms with Crippen LogP contribution in [0.5, 0.6) is 0 Å². The molecule has 2 heteroatoms. The van der Waals surface area contributed by atoms with Crippen molar-refractivity contribution in [3.8, 4) is 0 Å². The van der Waals surface area contributed by atoms with Crippen molar-refractivity contribution >= 4 is 0 Å². The molecule has 0 aromatic carbocycles. The fourth-order valence-corrected chi connectivity index (χ4v) is 0.740. The molecule has 62 valence electrons. The van der Waals surface area contributed by atoms with E-state index in [2.05, 4.69) is 26.1 Å². The SMILES string of the molecule is CCC(CO)NCC(C)C. The minimum Gasteiger partial charge on any atom is -0.395 e. The van der Waals surface area contributed by atoms with Crippen LogP contribution in [0.3, 0.4) is 0 Å². The minimum atomic E-state index is 0.253. The van der Waals surface area contributed by atoms with E-state index >= 15 is 0 Å². The number of aliphatic hydroxyl groups is 1. The summed E-state index contributed by atoms with van der Waals surface area (Å²) in [5.74, 6) is 0.667. The van der Waals surface area contributed by atoms with E-state index in [0.717, 1.165) is 13.0 Å². The molecule has 0 amide bonds. The largest absolute Gasteiger partial charge is 0.395 e. The monoisotopic (exact) mass is 145 g/mol. The van der Waals surface area contributed by atoms with Crippen molar-refractivity contribution in [2.24, 2.45) is 5.92 Å². The van der Waals surface area contributed by atoms with Crippen LogP contribution in [0.25, 0.3) is 0 Å². The van der Waals surface area contributed by atoms with Crippen molar-refractivity contribution in [3.63, 3.8) is 0 Å². The van der Waals surface area contributed by atoms with Gasteiger partial charge in [-0.05, 0) is 18.9 Å². The number of hydrogen-bond acceptors (Lipinski definition) is 2. The Labute approximate surface area is 63.6 Å². The second-order valence-electron chi connectivity index (χ2n) is 3.09. The van der Waals surface area contributed by atoms with Crippen molar-refractivity contribution in [2.45, 2.75) is 33.2 Å². The van der Waals surface area contributed by atoms with Crippen molar-refractivity contribution in [3.05, 3.63) is 0 Å². The summed E-state index contributed by atoms with van der Waals surface area (Å²) in [6, 6.07) is 0.294. The maximum Gasteiger partial charge on any atom is 0.0584 e. The van der Waals surface area contributed by atoms with Crippen LogP contribution in [-0.4, -0.2) is 24.3 Å². The first-order chi connectivity index (χ1) is 4.70. The lowest BCUT2D eigenvalue weighted by atomic mass is 10.2. The highest BCUT2D eigenvalue weighted by atomic mass is 16.3. The van der Waals surface area contributed by atoms with Gasteiger partial charge in [-0.2, -0.15) is 0 Å². The molecule has 10 heavy (non-hydrogen) atoms. The molecular formula is C8H19NO. The summed E-state index contributed by atoms with van der Waals surface area (Å²) >= 11 is 0. The second kappa shape index (κ2) is 5.69. The van der Waals surface area contributed by atoms with Crippen LogP contribution in [0.4, 0.5) is 0 Å². The predicted octanol–water partition coefficient (Wildman–Crippen LogP) is 1.00. The van der Waals surface area contributed by atoms with E-state index < -0.39 is 0 Å². The number of hydrogen-bond donors (Lipinski definition) is 2. The summed E-state index contributed by atoms with van der Waals surface area (Å²) in [6.45, 7) is 7.66. The van der Waals surface area contributed by atoms with E-state index in [0.29, 0.717) is 12.0 Å². The zero-order chi connectivity index (χ0) is 7.98. The lowest BCUT2D eigenvalue weighted by Gasteiger charge is -2.15. The summed E-state index contributed by atoms with van der Waals surface area (Å²) in [5, 5.41) is 12.0. The molecule has 0 rings (SSSR count). The Morgan fingerprint density at radius 2 is 2.00 bits per heavy atom. The molecule has 0 aromatic heterocycles. The van der Waals surface area contributed by atoms with E-state index in [1.165, 1.54) is 0 Å². The number of rotatable bonds is 5. The average molecular weight is 145 g/mol. The molecule has 0 spiro atoms. The third kappa shape index (κ3) is 4.77. The Morgan fingerprint density at radius 3 is 2.30 bits per heavy atom. The lowest BCUT2D eigenvalue weighted by molar-refractivity contribution is 0.235. The quantitative estimate of drug-likeness (QED) is 0.605. The first kappa shape index (κ1) is 9.92. The molecule has 0 bridgehead atoms. The van der Waals surface area contributed by atoms with Gasteiger partial charge >= 0.3 is 0 Å². The highest BCUT2D eigenvalue weighted by Crippen LogP contribution is 1.92. The zero-order valence-electron chi connectivity index (χ0n) is 7.22. The zero-order valence-corrected chi connectivity index (χ0v) is 7.22. The van der Waals surface area contributed by atoms with Crippen LogP contribution < -0.4 is 5.32 Å². The molecule has 0 aliphatic carbocycles. The van der Waals surface area contributed by atoms with Gasteiger partial charge in [-0.25, -0.2) is 0 Å². The molecule has 0 saturated heterocycles. The second-order valence-corrected chi connectivity index (χ2v) is 3.09. The average Bonchev–Trinajstić information content (AvgIpc) is 1.90. The Bertz CT molecular complexity index is 69.7. The maximum atomic E-state index is 8.78. The molecule has 2 nitrogen and oxygen atoms in total. The van der Waals surface area contributed by atoms with E-state index in [-0.39, 0.29) is 6.61 Å². The Kier molecular flexibility index (Phi) is 5.64. The van der Waals surface area contributed by atoms with Crippen LogP contribution in [0.15, 0.2) is 0 Å². The highest BCUT2D eigenvalue weighted by molar-refractivity contribution is 4.63. The van der Waals surface area contributed by atoms with Crippen LogP contribution in [0.2, 0.25) is 0 Å². The summed E-state index contributed by atoms with van der Waals surface area (Å²) in [6.07, 6.45) is 1.00. The van der Waals surface area contributed by atoms with Gasteiger partial charge in [0.1, 0.15) is 0 Å². The maximum absolute atomic E-state index is 8.78. The van der Waals surface area contributed by atoms with E-state index in [9.17, 15) is 0 Å². The Morgan fingerprint density at radius 1 is 1.40 bits per heavy atom. The van der Waals surface area contributed by atoms with E-state index in [1.807, 2.05) is 0 Å². The summed E-state index contributed by atoms with van der Waals surface area (Å²) in [4.78, 5) is 0. The molecule has 0 heterocycles. The smallest absolute Gasteiger partial charge is 0.0584 e. The highest BCUT2D eigenvalue weighted by Gasteiger charge is 2.02. The third-order valence-corrected chi connectivity index (χ3v) is 1.53. The van der Waals surface area contributed by atoms with Gasteiger partial charge < -0.3 is 10.4 Å². The molecule has 0 aliphatic heterocycles. The molecule has 1 atom stereocenters. The molecular weight excluding hydrogens is 126 g/mol. The van der Waals surface area contributed by atoms with Gasteiger partial charge in [0.15, 0.2) is 0 Å². The fourth-order valence-electron chi connectivity index (χ4n) is 0.740. The van der Waals surface area contributed by atoms with Crippen LogP contribution in [0, 0.1) is 5.92 Å². The van der Waals surface area contributed by atoms with Gasteiger partial charge in [0, 0.05) is 6.04 Å². The van der Waals surface area contributed by atoms with Gasteiger partial charge in [-0.1, -0.05) is 20.8 Å². The van der Waals surface area contributed by atoms with Crippen molar-refractivity contribution in [1.29, 1.82) is 0 Å². The minimum absolute atomic E-state index is 0.253. The number of nitrogens with one attached hydrogen (secondary N) is 1. The summed E-state index contributed by atoms with van der Waals surface area (Å²) in [5.41, 5.74) is 0. The standard InChI is InChI=1S/C8H19NO/c1-4-8(6-10)9-5-7(2)3/h7-10H,4-6H2,1-3H3. The molecule has 0 aliphatic rings. The molecule has 0 fully saturated rings. The van der Waals surface area contributed by atoms with Crippen LogP contribution in [0.1, 0.15) is 27.2 Å². The normalized spacial score (nSPS) is 14.1. The van der Waals surface area contributed by atoms with E-state index in [4.69, 9.17) is 5.11 Å². The van der Waals surface area contributed by atoms with Gasteiger partial charge in [-0.15, -0.1) is 0 Å². The van der Waals surface area contributed by atoms with Gasteiger partial charge in [-0.3, -0.25) is 0 Å². The van der Waals surface area contributed by atoms with Crippen molar-refractivity contribution in [1.82, 2.24) is 5.32 Å². The Balaban J connectivity index is 3.26. The fraction of sp³-hybridized carbons (Fsp3) is 1.00. The van der Waals surface area contributed by atoms with E-state index in [1.54, 1.807) is 0 Å². The van der Waals surface area contributed by atoms with Crippen LogP contribution in [-0.2, 0) is 0 Å². The summed E-state index contributed by atoms with van der Waals surface area (Å²) in [7, 11) is 0. The first-order valence-corrected chi connectivity index (χ1v) is 4.05. The molecule has 0 saturated carbocycles. The molecule has 0 aromatic rings. The molecule has 2 N–H and O–H groups in total. The molecule has 1 unspecified atom stereocenters. The predicted molar refractivity (Wildman–Crippen MR) is 44.0 cm³/mol. The summed E-state index contributed by atoms with van der Waals surface area (Å²) < 4.78 is 0. The van der Waals surface area contributed by atoms with Crippen molar-refractivity contribution in [2.75, 3.05) is 13.2 Å². The topological polar surface area (TPSA) is 32.3 Å². The van der Waals surface area contributed by atoms with Crippen LogP contribution >= 0.6 is 0 Å². The lowest BCUT2D eigenvalue weighted by Crippen LogP contribution is -2.34. The van der Waals surface area contributed by atoms with Crippen molar-refractivity contribution < 1.29 is 5.11 Å². The van der Waals surface area contributed by atoms with Gasteiger partial charge in [0.2, 0.25) is 0 Å². The Hall–Kier alpha value is -0.0800. The number of aliphatic hydroxyl groups excluding tert-OH is 1. The first-order valence-electron chi connectivity index (χ1n) is 4.05. The van der Waals surface area contributed by atoms with Gasteiger partial charge in [0.25, 0.3) is 0 Å².